The van der Waals surface area contributed by atoms with Crippen molar-refractivity contribution in [2.24, 2.45) is 0 Å². The molecule has 0 aliphatic heterocycles. The number of hydrogen-bond acceptors (Lipinski definition) is 5. The van der Waals surface area contributed by atoms with Crippen molar-refractivity contribution in [2.75, 3.05) is 5.32 Å². The van der Waals surface area contributed by atoms with Crippen molar-refractivity contribution in [3.8, 4) is 0 Å². The molecule has 0 bridgehead atoms. The van der Waals surface area contributed by atoms with Crippen molar-refractivity contribution in [1.82, 2.24) is 19.9 Å². The molecule has 0 radical (unpaired) electrons. The Hall–Kier alpha value is -3.52. The largest absolute Gasteiger partial charge is 0.348 e. The molecule has 0 aliphatic carbocycles. The SMILES string of the molecule is Cc1ccc(C(=O)Nc2nc3c(s2)c(C(=O)NCc2ccncc2)cn3C(C)(C)C)cc1. The Labute approximate surface area is 190 Å². The Morgan fingerprint density at radius 3 is 2.38 bits per heavy atom. The number of pyridine rings is 1. The van der Waals surface area contributed by atoms with Crippen molar-refractivity contribution in [1.29, 1.82) is 0 Å². The Morgan fingerprint density at radius 2 is 1.72 bits per heavy atom. The highest BCUT2D eigenvalue weighted by molar-refractivity contribution is 7.22. The maximum Gasteiger partial charge on any atom is 0.257 e. The molecule has 2 N–H and O–H groups in total. The summed E-state index contributed by atoms with van der Waals surface area (Å²) in [4.78, 5) is 34.3. The lowest BCUT2D eigenvalue weighted by Crippen LogP contribution is -2.24. The van der Waals surface area contributed by atoms with Crippen LogP contribution in [0.5, 0.6) is 0 Å². The molecule has 3 aromatic heterocycles. The average Bonchev–Trinajstić information content (AvgIpc) is 3.31. The predicted molar refractivity (Wildman–Crippen MR) is 127 cm³/mol. The minimum atomic E-state index is -0.284. The molecule has 1 aromatic carbocycles. The minimum absolute atomic E-state index is 0.185. The van der Waals surface area contributed by atoms with E-state index in [2.05, 4.69) is 41.4 Å². The van der Waals surface area contributed by atoms with E-state index in [4.69, 9.17) is 0 Å². The molecule has 3 heterocycles. The van der Waals surface area contributed by atoms with Gasteiger partial charge in [0.05, 0.1) is 10.3 Å². The van der Waals surface area contributed by atoms with E-state index in [1.165, 1.54) is 11.3 Å². The van der Waals surface area contributed by atoms with Crippen LogP contribution in [0, 0.1) is 6.92 Å². The van der Waals surface area contributed by atoms with Gasteiger partial charge in [-0.3, -0.25) is 19.9 Å². The summed E-state index contributed by atoms with van der Waals surface area (Å²) in [5.74, 6) is -0.415. The third kappa shape index (κ3) is 4.55. The molecule has 0 fully saturated rings. The number of rotatable bonds is 5. The number of aryl methyl sites for hydroxylation is 1. The lowest BCUT2D eigenvalue weighted by atomic mass is 10.1. The zero-order valence-corrected chi connectivity index (χ0v) is 19.3. The van der Waals surface area contributed by atoms with Crippen LogP contribution in [0.4, 0.5) is 5.13 Å². The van der Waals surface area contributed by atoms with Gasteiger partial charge in [0, 0.05) is 36.2 Å². The summed E-state index contributed by atoms with van der Waals surface area (Å²) in [5.41, 5.74) is 3.55. The van der Waals surface area contributed by atoms with Crippen LogP contribution in [-0.2, 0) is 12.1 Å². The zero-order valence-electron chi connectivity index (χ0n) is 18.5. The number of nitrogens with one attached hydrogen (secondary N) is 2. The molecule has 0 saturated heterocycles. The van der Waals surface area contributed by atoms with Crippen LogP contribution >= 0.6 is 11.3 Å². The Kier molecular flexibility index (Phi) is 5.80. The van der Waals surface area contributed by atoms with Crippen LogP contribution in [0.3, 0.4) is 0 Å². The molecule has 4 aromatic rings. The highest BCUT2D eigenvalue weighted by atomic mass is 32.1. The highest BCUT2D eigenvalue weighted by Crippen LogP contribution is 2.34. The van der Waals surface area contributed by atoms with Crippen LogP contribution < -0.4 is 10.6 Å². The van der Waals surface area contributed by atoms with Crippen molar-refractivity contribution >= 4 is 38.6 Å². The minimum Gasteiger partial charge on any atom is -0.348 e. The molecular formula is C24H25N5O2S. The number of aromatic nitrogens is 3. The first-order chi connectivity index (χ1) is 15.2. The average molecular weight is 448 g/mol. The third-order valence-corrected chi connectivity index (χ3v) is 6.04. The number of carbonyl (C=O) groups is 2. The van der Waals surface area contributed by atoms with Gasteiger partial charge in [-0.2, -0.15) is 0 Å². The Balaban J connectivity index is 1.63. The van der Waals surface area contributed by atoms with Gasteiger partial charge in [0.15, 0.2) is 10.8 Å². The molecule has 0 atom stereocenters. The number of carbonyl (C=O) groups excluding carboxylic acids is 2. The number of hydrogen-bond donors (Lipinski definition) is 2. The second kappa shape index (κ2) is 8.55. The fourth-order valence-electron chi connectivity index (χ4n) is 3.28. The quantitative estimate of drug-likeness (QED) is 0.463. The first kappa shape index (κ1) is 21.7. The summed E-state index contributed by atoms with van der Waals surface area (Å²) in [7, 11) is 0. The van der Waals surface area contributed by atoms with Crippen LogP contribution in [0.1, 0.15) is 52.6 Å². The molecule has 7 nitrogen and oxygen atoms in total. The van der Waals surface area contributed by atoms with Gasteiger partial charge in [0.2, 0.25) is 0 Å². The van der Waals surface area contributed by atoms with Gasteiger partial charge in [0.25, 0.3) is 11.8 Å². The molecule has 8 heteroatoms. The van der Waals surface area contributed by atoms with Gasteiger partial charge >= 0.3 is 0 Å². The van der Waals surface area contributed by atoms with E-state index in [9.17, 15) is 9.59 Å². The molecule has 2 amide bonds. The summed E-state index contributed by atoms with van der Waals surface area (Å²) in [6.07, 6.45) is 5.23. The van der Waals surface area contributed by atoms with E-state index in [0.29, 0.717) is 28.5 Å². The molecule has 0 saturated carbocycles. The maximum atomic E-state index is 13.0. The van der Waals surface area contributed by atoms with Gasteiger partial charge in [-0.15, -0.1) is 0 Å². The van der Waals surface area contributed by atoms with Crippen molar-refractivity contribution in [3.05, 3.63) is 77.2 Å². The van der Waals surface area contributed by atoms with Gasteiger partial charge < -0.3 is 9.88 Å². The van der Waals surface area contributed by atoms with E-state index in [1.54, 1.807) is 24.5 Å². The van der Waals surface area contributed by atoms with Gasteiger partial charge in [0.1, 0.15) is 0 Å². The second-order valence-electron chi connectivity index (χ2n) is 8.61. The maximum absolute atomic E-state index is 13.0. The fraction of sp³-hybridized carbons (Fsp3) is 0.250. The molecule has 0 spiro atoms. The highest BCUT2D eigenvalue weighted by Gasteiger charge is 2.25. The standard InChI is InChI=1S/C24H25N5O2S/c1-15-5-7-17(8-6-15)21(30)28-23-27-20-19(32-23)18(14-29(20)24(2,3)4)22(31)26-13-16-9-11-25-12-10-16/h5-12,14H,13H2,1-4H3,(H,26,31)(H,27,28,30). The molecule has 0 aliphatic rings. The first-order valence-corrected chi connectivity index (χ1v) is 11.1. The lowest BCUT2D eigenvalue weighted by Gasteiger charge is -2.21. The Bertz CT molecular complexity index is 1270. The lowest BCUT2D eigenvalue weighted by molar-refractivity contribution is 0.0951. The number of nitrogens with zero attached hydrogens (tertiary/aromatic N) is 3. The number of benzene rings is 1. The van der Waals surface area contributed by atoms with Crippen LogP contribution in [-0.4, -0.2) is 26.3 Å². The molecular weight excluding hydrogens is 422 g/mol. The van der Waals surface area contributed by atoms with Crippen molar-refractivity contribution in [2.45, 2.75) is 39.8 Å². The number of fused-ring (bicyclic) bond motifs is 1. The van der Waals surface area contributed by atoms with Crippen LogP contribution in [0.25, 0.3) is 10.3 Å². The zero-order chi connectivity index (χ0) is 22.9. The normalized spacial score (nSPS) is 11.5. The number of amides is 2. The topological polar surface area (TPSA) is 88.9 Å². The van der Waals surface area contributed by atoms with E-state index >= 15 is 0 Å². The van der Waals surface area contributed by atoms with Gasteiger partial charge in [-0.25, -0.2) is 4.98 Å². The van der Waals surface area contributed by atoms with Crippen LogP contribution in [0.15, 0.2) is 55.0 Å². The van der Waals surface area contributed by atoms with E-state index < -0.39 is 0 Å². The van der Waals surface area contributed by atoms with Crippen molar-refractivity contribution in [3.63, 3.8) is 0 Å². The monoisotopic (exact) mass is 447 g/mol. The van der Waals surface area contributed by atoms with Gasteiger partial charge in [-0.1, -0.05) is 29.0 Å². The summed E-state index contributed by atoms with van der Waals surface area (Å²) < 4.78 is 2.72. The summed E-state index contributed by atoms with van der Waals surface area (Å²) in [6, 6.07) is 11.1. The first-order valence-electron chi connectivity index (χ1n) is 10.3. The number of thiazole rings is 1. The predicted octanol–water partition coefficient (Wildman–Crippen LogP) is 4.74. The summed E-state index contributed by atoms with van der Waals surface area (Å²) >= 11 is 1.30. The third-order valence-electron chi connectivity index (χ3n) is 5.04. The van der Waals surface area contributed by atoms with Crippen molar-refractivity contribution < 1.29 is 9.59 Å². The molecule has 0 unspecified atom stereocenters. The van der Waals surface area contributed by atoms with E-state index in [-0.39, 0.29) is 17.4 Å². The van der Waals surface area contributed by atoms with E-state index in [1.807, 2.05) is 42.0 Å². The molecule has 164 valence electrons. The number of anilines is 1. The summed E-state index contributed by atoms with van der Waals surface area (Å²) in [6.45, 7) is 8.53. The molecule has 32 heavy (non-hydrogen) atoms. The fourth-order valence-corrected chi connectivity index (χ4v) is 4.24. The Morgan fingerprint density at radius 1 is 1.03 bits per heavy atom. The second-order valence-corrected chi connectivity index (χ2v) is 9.61. The molecule has 4 rings (SSSR count). The van der Waals surface area contributed by atoms with Crippen LogP contribution in [0.2, 0.25) is 0 Å². The smallest absolute Gasteiger partial charge is 0.257 e. The summed E-state index contributed by atoms with van der Waals surface area (Å²) in [5, 5.41) is 6.30. The van der Waals surface area contributed by atoms with Gasteiger partial charge in [-0.05, 0) is 57.5 Å². The van der Waals surface area contributed by atoms with E-state index in [0.717, 1.165) is 15.8 Å².